The summed E-state index contributed by atoms with van der Waals surface area (Å²) in [5.41, 5.74) is 0.618. The predicted octanol–water partition coefficient (Wildman–Crippen LogP) is 2.50. The number of nitrogens with one attached hydrogen (secondary N) is 1. The molecule has 0 aliphatic rings. The Bertz CT molecular complexity index is 847. The Morgan fingerprint density at radius 3 is 2.38 bits per heavy atom. The molecule has 0 saturated heterocycles. The molecule has 2 aromatic rings. The topological polar surface area (TPSA) is 86.3 Å². The van der Waals surface area contributed by atoms with Gasteiger partial charge >= 0.3 is 0 Å². The van der Waals surface area contributed by atoms with Gasteiger partial charge in [-0.15, -0.1) is 0 Å². The Morgan fingerprint density at radius 1 is 1.21 bits per heavy atom. The monoisotopic (exact) mass is 350 g/mol. The maximum atomic E-state index is 13.4. The molecule has 0 bridgehead atoms. The molecule has 0 fully saturated rings. The number of carboxylic acids is 1. The molecule has 2 rings (SSSR count). The first-order valence-electron chi connectivity index (χ1n) is 7.38. The van der Waals surface area contributed by atoms with Crippen LogP contribution in [0.25, 0.3) is 0 Å². The average Bonchev–Trinajstić information content (AvgIpc) is 2.54. The summed E-state index contributed by atoms with van der Waals surface area (Å²) in [6, 6.07) is 9.42. The summed E-state index contributed by atoms with van der Waals surface area (Å²) >= 11 is 0. The lowest BCUT2D eigenvalue weighted by Crippen LogP contribution is -2.24. The number of rotatable bonds is 6. The summed E-state index contributed by atoms with van der Waals surface area (Å²) in [6.07, 6.45) is 0.965. The minimum Gasteiger partial charge on any atom is -0.545 e. The van der Waals surface area contributed by atoms with Gasteiger partial charge in [0.2, 0.25) is 0 Å². The first kappa shape index (κ1) is 17.9. The molecule has 7 heteroatoms. The van der Waals surface area contributed by atoms with Gasteiger partial charge in [-0.05, 0) is 48.2 Å². The number of hydrogen-bond acceptors (Lipinski definition) is 4. The number of halogens is 1. The number of hydrogen-bond donors (Lipinski definition) is 1. The summed E-state index contributed by atoms with van der Waals surface area (Å²) in [5, 5.41) is 10.8. The first-order chi connectivity index (χ1) is 11.2. The quantitative estimate of drug-likeness (QED) is 0.867. The van der Waals surface area contributed by atoms with Crippen molar-refractivity contribution in [1.29, 1.82) is 0 Å². The van der Waals surface area contributed by atoms with E-state index in [1.54, 1.807) is 12.1 Å². The molecule has 128 valence electrons. The van der Waals surface area contributed by atoms with Crippen LogP contribution < -0.4 is 9.83 Å². The van der Waals surface area contributed by atoms with E-state index in [0.29, 0.717) is 11.6 Å². The second-order valence-electron chi connectivity index (χ2n) is 5.47. The van der Waals surface area contributed by atoms with Gasteiger partial charge in [0.15, 0.2) is 0 Å². The molecular weight excluding hydrogens is 333 g/mol. The van der Waals surface area contributed by atoms with Gasteiger partial charge in [-0.3, -0.25) is 4.72 Å². The lowest BCUT2D eigenvalue weighted by Gasteiger charge is -2.12. The fourth-order valence-corrected chi connectivity index (χ4v) is 3.24. The van der Waals surface area contributed by atoms with Crippen LogP contribution in [0.2, 0.25) is 0 Å². The lowest BCUT2D eigenvalue weighted by molar-refractivity contribution is -0.255. The van der Waals surface area contributed by atoms with Crippen LogP contribution in [0.4, 0.5) is 10.1 Å². The SMILES string of the molecule is CC[C@H](C)c1ccc(NS(=O)(=O)c2ccc(F)c(C(=O)[O-])c2)cc1. The molecule has 0 amide bonds. The number of benzene rings is 2. The zero-order valence-electron chi connectivity index (χ0n) is 13.2. The third-order valence-corrected chi connectivity index (χ3v) is 5.19. The highest BCUT2D eigenvalue weighted by molar-refractivity contribution is 7.92. The van der Waals surface area contributed by atoms with Crippen molar-refractivity contribution in [3.8, 4) is 0 Å². The zero-order valence-corrected chi connectivity index (χ0v) is 14.1. The van der Waals surface area contributed by atoms with Crippen LogP contribution >= 0.6 is 0 Å². The molecule has 5 nitrogen and oxygen atoms in total. The zero-order chi connectivity index (χ0) is 17.9. The van der Waals surface area contributed by atoms with Crippen molar-refractivity contribution in [3.05, 3.63) is 59.4 Å². The van der Waals surface area contributed by atoms with E-state index in [1.165, 1.54) is 0 Å². The van der Waals surface area contributed by atoms with Crippen LogP contribution in [0.5, 0.6) is 0 Å². The fraction of sp³-hybridized carbons (Fsp3) is 0.235. The Hall–Kier alpha value is -2.41. The van der Waals surface area contributed by atoms with Gasteiger partial charge in [0, 0.05) is 11.3 Å². The summed E-state index contributed by atoms with van der Waals surface area (Å²) in [6.45, 7) is 4.13. The van der Waals surface area contributed by atoms with Crippen molar-refractivity contribution in [2.45, 2.75) is 31.1 Å². The number of carbonyl (C=O) groups excluding carboxylic acids is 1. The summed E-state index contributed by atoms with van der Waals surface area (Å²) in [4.78, 5) is 10.5. The van der Waals surface area contributed by atoms with Crippen LogP contribution in [-0.2, 0) is 10.0 Å². The van der Waals surface area contributed by atoms with Crippen molar-refractivity contribution < 1.29 is 22.7 Å². The highest BCUT2D eigenvalue weighted by Gasteiger charge is 2.17. The number of sulfonamides is 1. The minimum atomic E-state index is -4.03. The standard InChI is InChI=1S/C17H18FNO4S/c1-3-11(2)12-4-6-13(7-5-12)19-24(22,23)14-8-9-16(18)15(10-14)17(20)21/h4-11,19H,3H2,1-2H3,(H,20,21)/p-1/t11-/m0/s1. The summed E-state index contributed by atoms with van der Waals surface area (Å²) < 4.78 is 40.3. The highest BCUT2D eigenvalue weighted by atomic mass is 32.2. The Labute approximate surface area is 140 Å². The van der Waals surface area contributed by atoms with Gasteiger partial charge in [-0.1, -0.05) is 26.0 Å². The molecule has 0 radical (unpaired) electrons. The number of aromatic carboxylic acids is 1. The first-order valence-corrected chi connectivity index (χ1v) is 8.86. The normalized spacial score (nSPS) is 12.6. The molecule has 0 saturated carbocycles. The second-order valence-corrected chi connectivity index (χ2v) is 7.15. The third kappa shape index (κ3) is 3.91. The van der Waals surface area contributed by atoms with Crippen LogP contribution in [-0.4, -0.2) is 14.4 Å². The summed E-state index contributed by atoms with van der Waals surface area (Å²) in [5.74, 6) is -2.47. The molecule has 1 N–H and O–H groups in total. The van der Waals surface area contributed by atoms with Gasteiger partial charge in [-0.2, -0.15) is 0 Å². The minimum absolute atomic E-state index is 0.335. The molecule has 24 heavy (non-hydrogen) atoms. The molecule has 1 atom stereocenters. The highest BCUT2D eigenvalue weighted by Crippen LogP contribution is 2.23. The van der Waals surface area contributed by atoms with Crippen molar-refractivity contribution in [2.75, 3.05) is 4.72 Å². The molecule has 2 aromatic carbocycles. The van der Waals surface area contributed by atoms with E-state index in [0.717, 1.165) is 30.2 Å². The van der Waals surface area contributed by atoms with Gasteiger partial charge in [-0.25, -0.2) is 12.8 Å². The van der Waals surface area contributed by atoms with Crippen molar-refractivity contribution in [3.63, 3.8) is 0 Å². The number of carboxylic acid groups (broad SMARTS) is 1. The van der Waals surface area contributed by atoms with Crippen LogP contribution in [0.3, 0.4) is 0 Å². The molecule has 0 aromatic heterocycles. The van der Waals surface area contributed by atoms with Crippen LogP contribution in [0.15, 0.2) is 47.4 Å². The molecule has 0 aliphatic carbocycles. The van der Waals surface area contributed by atoms with Crippen LogP contribution in [0, 0.1) is 5.82 Å². The summed E-state index contributed by atoms with van der Waals surface area (Å²) in [7, 11) is -4.03. The van der Waals surface area contributed by atoms with Crippen LogP contribution in [0.1, 0.15) is 42.1 Å². The molecule has 0 unspecified atom stereocenters. The molecule has 0 aliphatic heterocycles. The maximum Gasteiger partial charge on any atom is 0.261 e. The van der Waals surface area contributed by atoms with Crippen molar-refractivity contribution in [1.82, 2.24) is 0 Å². The largest absolute Gasteiger partial charge is 0.545 e. The van der Waals surface area contributed by atoms with Crippen molar-refractivity contribution in [2.24, 2.45) is 0 Å². The Morgan fingerprint density at radius 2 is 1.83 bits per heavy atom. The lowest BCUT2D eigenvalue weighted by atomic mass is 9.99. The van der Waals surface area contributed by atoms with E-state index < -0.39 is 27.4 Å². The number of anilines is 1. The van der Waals surface area contributed by atoms with Gasteiger partial charge in [0.1, 0.15) is 5.82 Å². The second kappa shape index (κ2) is 7.00. The van der Waals surface area contributed by atoms with E-state index in [-0.39, 0.29) is 4.90 Å². The van der Waals surface area contributed by atoms with Gasteiger partial charge in [0.05, 0.1) is 10.9 Å². The van der Waals surface area contributed by atoms with E-state index in [4.69, 9.17) is 0 Å². The van der Waals surface area contributed by atoms with E-state index in [1.807, 2.05) is 12.1 Å². The van der Waals surface area contributed by atoms with E-state index >= 15 is 0 Å². The molecular formula is C17H17FNO4S-. The number of carbonyl (C=O) groups is 1. The third-order valence-electron chi connectivity index (χ3n) is 3.81. The molecule has 0 heterocycles. The predicted molar refractivity (Wildman–Crippen MR) is 86.7 cm³/mol. The Kier molecular flexibility index (Phi) is 5.23. The smallest absolute Gasteiger partial charge is 0.261 e. The molecule has 0 spiro atoms. The van der Waals surface area contributed by atoms with Crippen molar-refractivity contribution >= 4 is 21.7 Å². The van der Waals surface area contributed by atoms with E-state index in [2.05, 4.69) is 18.6 Å². The Balaban J connectivity index is 2.28. The van der Waals surface area contributed by atoms with Gasteiger partial charge < -0.3 is 9.90 Å². The van der Waals surface area contributed by atoms with Gasteiger partial charge in [0.25, 0.3) is 10.0 Å². The van der Waals surface area contributed by atoms with E-state index in [9.17, 15) is 22.7 Å². The average molecular weight is 350 g/mol. The fourth-order valence-electron chi connectivity index (χ4n) is 2.16. The maximum absolute atomic E-state index is 13.4.